The van der Waals surface area contributed by atoms with Crippen molar-refractivity contribution in [3.8, 4) is 0 Å². The first-order valence-corrected chi connectivity index (χ1v) is 11.2. The molecule has 4 rings (SSSR count). The lowest BCUT2D eigenvalue weighted by atomic mass is 9.98. The van der Waals surface area contributed by atoms with E-state index in [0.29, 0.717) is 13.1 Å². The van der Waals surface area contributed by atoms with Gasteiger partial charge in [-0.3, -0.25) is 9.79 Å². The van der Waals surface area contributed by atoms with E-state index in [0.717, 1.165) is 49.9 Å². The number of hydrogen-bond donors (Lipinski definition) is 0. The molecule has 0 radical (unpaired) electrons. The van der Waals surface area contributed by atoms with E-state index in [1.807, 2.05) is 25.1 Å². The highest BCUT2D eigenvalue weighted by molar-refractivity contribution is 5.91. The summed E-state index contributed by atoms with van der Waals surface area (Å²) in [5.74, 6) is 1.83. The fraction of sp³-hybridized carbons (Fsp3) is 0.440. The van der Waals surface area contributed by atoms with Gasteiger partial charge in [0.15, 0.2) is 0 Å². The van der Waals surface area contributed by atoms with Crippen molar-refractivity contribution >= 4 is 23.6 Å². The first-order chi connectivity index (χ1) is 15.4. The normalized spacial score (nSPS) is 16.4. The van der Waals surface area contributed by atoms with E-state index in [2.05, 4.69) is 47.4 Å². The number of hydrogen-bond acceptors (Lipinski definition) is 6. The Morgan fingerprint density at radius 1 is 1.06 bits per heavy atom. The van der Waals surface area contributed by atoms with Gasteiger partial charge in [-0.05, 0) is 44.4 Å². The molecule has 0 N–H and O–H groups in total. The zero-order chi connectivity index (χ0) is 22.8. The standard InChI is InChI=1S/C25H32N6O.H2/c1-6-23(32)29-11-13-30(14-12-29)25-20-9-10-31(16-22(20)27-19(4)28-25)24-18(3)8-7-17(2)21(24)15-26-5;/h6-8,15H,1,9-14,16H2,2-5H3;1H. The fourth-order valence-corrected chi connectivity index (χ4v) is 4.78. The lowest BCUT2D eigenvalue weighted by Crippen LogP contribution is -2.49. The SMILES string of the molecule is C=CC(=O)N1CCN(c2nc(C)nc3c2CCN(c2c(C)ccc(C)c2C=NC)C3)CC1.[HH]. The van der Waals surface area contributed by atoms with Gasteiger partial charge in [0, 0.05) is 64.2 Å². The maximum absolute atomic E-state index is 11.9. The van der Waals surface area contributed by atoms with Crippen molar-refractivity contribution < 1.29 is 6.22 Å². The molecule has 2 aliphatic heterocycles. The summed E-state index contributed by atoms with van der Waals surface area (Å²) in [7, 11) is 1.82. The molecule has 2 aromatic rings. The molecule has 1 fully saturated rings. The Morgan fingerprint density at radius 3 is 2.47 bits per heavy atom. The Morgan fingerprint density at radius 2 is 1.78 bits per heavy atom. The number of anilines is 2. The molecule has 0 spiro atoms. The smallest absolute Gasteiger partial charge is 0.246 e. The number of aromatic nitrogens is 2. The van der Waals surface area contributed by atoms with E-state index < -0.39 is 0 Å². The maximum Gasteiger partial charge on any atom is 0.246 e. The number of fused-ring (bicyclic) bond motifs is 1. The van der Waals surface area contributed by atoms with Crippen LogP contribution in [-0.4, -0.2) is 66.8 Å². The molecule has 2 aliphatic rings. The molecular formula is C25H34N6O. The van der Waals surface area contributed by atoms with Gasteiger partial charge < -0.3 is 14.7 Å². The third kappa shape index (κ3) is 4.11. The summed E-state index contributed by atoms with van der Waals surface area (Å²) < 4.78 is 0. The average molecular weight is 435 g/mol. The highest BCUT2D eigenvalue weighted by Gasteiger charge is 2.28. The second-order valence-electron chi connectivity index (χ2n) is 8.56. The van der Waals surface area contributed by atoms with E-state index >= 15 is 0 Å². The summed E-state index contributed by atoms with van der Waals surface area (Å²) in [6.45, 7) is 14.5. The maximum atomic E-state index is 11.9. The molecule has 3 heterocycles. The molecule has 0 saturated carbocycles. The second-order valence-corrected chi connectivity index (χ2v) is 8.56. The van der Waals surface area contributed by atoms with E-state index in [1.165, 1.54) is 34.0 Å². The number of piperazine rings is 1. The summed E-state index contributed by atoms with van der Waals surface area (Å²) in [6, 6.07) is 4.35. The molecule has 7 nitrogen and oxygen atoms in total. The van der Waals surface area contributed by atoms with Gasteiger partial charge in [-0.15, -0.1) is 0 Å². The number of nitrogens with zero attached hydrogens (tertiary/aromatic N) is 6. The molecule has 32 heavy (non-hydrogen) atoms. The summed E-state index contributed by atoms with van der Waals surface area (Å²) >= 11 is 0. The minimum absolute atomic E-state index is 0. The van der Waals surface area contributed by atoms with Crippen LogP contribution in [0.3, 0.4) is 0 Å². The van der Waals surface area contributed by atoms with Gasteiger partial charge >= 0.3 is 0 Å². The van der Waals surface area contributed by atoms with Gasteiger partial charge in [0.25, 0.3) is 0 Å². The van der Waals surface area contributed by atoms with Crippen LogP contribution < -0.4 is 9.80 Å². The van der Waals surface area contributed by atoms with Crippen LogP contribution in [0.1, 0.15) is 35.2 Å². The van der Waals surface area contributed by atoms with E-state index in [-0.39, 0.29) is 7.33 Å². The summed E-state index contributed by atoms with van der Waals surface area (Å²) in [5, 5.41) is 0. The minimum Gasteiger partial charge on any atom is -0.365 e. The van der Waals surface area contributed by atoms with E-state index in [1.54, 1.807) is 0 Å². The highest BCUT2D eigenvalue weighted by atomic mass is 16.2. The van der Waals surface area contributed by atoms with Gasteiger partial charge in [-0.1, -0.05) is 18.7 Å². The lowest BCUT2D eigenvalue weighted by Gasteiger charge is -2.38. The topological polar surface area (TPSA) is 64.9 Å². The molecular weight excluding hydrogens is 400 g/mol. The van der Waals surface area contributed by atoms with Crippen LogP contribution >= 0.6 is 0 Å². The van der Waals surface area contributed by atoms with Crippen molar-refractivity contribution in [2.24, 2.45) is 4.99 Å². The van der Waals surface area contributed by atoms with E-state index in [9.17, 15) is 4.79 Å². The number of benzene rings is 1. The Hall–Kier alpha value is -3.22. The third-order valence-electron chi connectivity index (χ3n) is 6.43. The predicted molar refractivity (Wildman–Crippen MR) is 132 cm³/mol. The Balaban J connectivity index is 0.00000306. The quantitative estimate of drug-likeness (QED) is 0.547. The van der Waals surface area contributed by atoms with E-state index in [4.69, 9.17) is 9.97 Å². The number of aliphatic imine (C=N–C) groups is 1. The third-order valence-corrected chi connectivity index (χ3v) is 6.43. The molecule has 7 heteroatoms. The summed E-state index contributed by atoms with van der Waals surface area (Å²) in [5.41, 5.74) is 7.26. The van der Waals surface area contributed by atoms with Gasteiger partial charge in [0.2, 0.25) is 5.91 Å². The first kappa shape index (κ1) is 22.0. The monoisotopic (exact) mass is 434 g/mol. The van der Waals surface area contributed by atoms with Crippen molar-refractivity contribution in [1.29, 1.82) is 0 Å². The van der Waals surface area contributed by atoms with Crippen LogP contribution in [0.5, 0.6) is 0 Å². The number of aryl methyl sites for hydroxylation is 3. The molecule has 0 aliphatic carbocycles. The van der Waals surface area contributed by atoms with Crippen molar-refractivity contribution in [2.75, 3.05) is 49.6 Å². The number of amides is 1. The van der Waals surface area contributed by atoms with Crippen LogP contribution in [0.25, 0.3) is 0 Å². The fourth-order valence-electron chi connectivity index (χ4n) is 4.78. The van der Waals surface area contributed by atoms with Gasteiger partial charge in [0.05, 0.1) is 12.2 Å². The Bertz CT molecular complexity index is 1080. The van der Waals surface area contributed by atoms with Crippen LogP contribution in [0.15, 0.2) is 29.8 Å². The largest absolute Gasteiger partial charge is 0.365 e. The summed E-state index contributed by atoms with van der Waals surface area (Å²) in [4.78, 5) is 32.5. The lowest BCUT2D eigenvalue weighted by molar-refractivity contribution is -0.126. The molecule has 1 saturated heterocycles. The molecule has 1 aromatic heterocycles. The van der Waals surface area contributed by atoms with Crippen molar-refractivity contribution in [3.63, 3.8) is 0 Å². The van der Waals surface area contributed by atoms with Crippen molar-refractivity contribution in [3.05, 3.63) is 58.6 Å². The van der Waals surface area contributed by atoms with Crippen LogP contribution in [0, 0.1) is 20.8 Å². The van der Waals surface area contributed by atoms with Crippen LogP contribution in [0.2, 0.25) is 0 Å². The summed E-state index contributed by atoms with van der Waals surface area (Å²) in [6.07, 6.45) is 4.26. The first-order valence-electron chi connectivity index (χ1n) is 11.2. The second kappa shape index (κ2) is 9.10. The minimum atomic E-state index is 0. The van der Waals surface area contributed by atoms with Crippen LogP contribution in [-0.2, 0) is 17.8 Å². The number of carbonyl (C=O) groups is 1. The number of carbonyl (C=O) groups excluding carboxylic acids is 1. The van der Waals surface area contributed by atoms with Crippen molar-refractivity contribution in [2.45, 2.75) is 33.7 Å². The molecule has 0 bridgehead atoms. The zero-order valence-electron chi connectivity index (χ0n) is 19.6. The van der Waals surface area contributed by atoms with Gasteiger partial charge in [-0.2, -0.15) is 0 Å². The predicted octanol–water partition coefficient (Wildman–Crippen LogP) is 3.09. The molecule has 170 valence electrons. The van der Waals surface area contributed by atoms with Gasteiger partial charge in [0.1, 0.15) is 11.6 Å². The van der Waals surface area contributed by atoms with Crippen LogP contribution in [0.4, 0.5) is 11.5 Å². The Kier molecular flexibility index (Phi) is 6.26. The number of rotatable bonds is 4. The van der Waals surface area contributed by atoms with Gasteiger partial charge in [-0.25, -0.2) is 9.97 Å². The molecule has 1 aromatic carbocycles. The Labute approximate surface area is 192 Å². The zero-order valence-corrected chi connectivity index (χ0v) is 19.6. The highest BCUT2D eigenvalue weighted by Crippen LogP contribution is 2.33. The average Bonchev–Trinajstić information content (AvgIpc) is 2.80. The molecule has 0 unspecified atom stereocenters. The molecule has 0 atom stereocenters. The molecule has 1 amide bonds. The van der Waals surface area contributed by atoms with Crippen molar-refractivity contribution in [1.82, 2.24) is 14.9 Å².